The van der Waals surface area contributed by atoms with E-state index in [2.05, 4.69) is 28.5 Å². The molecule has 3 N–H and O–H groups in total. The number of anilines is 2. The molecule has 0 unspecified atom stereocenters. The Morgan fingerprint density at radius 3 is 2.95 bits per heavy atom. The van der Waals surface area contributed by atoms with E-state index < -0.39 is 0 Å². The Hall–Kier alpha value is -1.66. The number of hydrogen-bond donors (Lipinski definition) is 2. The highest BCUT2D eigenvalue weighted by Crippen LogP contribution is 2.36. The summed E-state index contributed by atoms with van der Waals surface area (Å²) in [6, 6.07) is 3.90. The Bertz CT molecular complexity index is 542. The molecule has 0 saturated heterocycles. The zero-order valence-electron chi connectivity index (χ0n) is 12.5. The molecule has 114 valence electrons. The van der Waals surface area contributed by atoms with Gasteiger partial charge in [-0.3, -0.25) is 4.98 Å². The first kappa shape index (κ1) is 15.7. The fourth-order valence-electron chi connectivity index (χ4n) is 1.96. The second-order valence-corrected chi connectivity index (χ2v) is 5.84. The second-order valence-electron chi connectivity index (χ2n) is 5.07. The molecule has 2 rings (SSSR count). The lowest BCUT2D eigenvalue weighted by molar-refractivity contribution is 0.0765. The monoisotopic (exact) mass is 306 g/mol. The standard InChI is InChI=1S/C15H22N4OS/c1-11(2)20-9-4-3-8-18-15-13(14(16)19-21-15)12-6-5-7-17-10-12/h5-7,10-11,18H,3-4,8-9H2,1-2H3,(H2,16,19). The van der Waals surface area contributed by atoms with Crippen LogP contribution in [0.4, 0.5) is 10.8 Å². The fraction of sp³-hybridized carbons (Fsp3) is 0.467. The Labute approximate surface area is 129 Å². The summed E-state index contributed by atoms with van der Waals surface area (Å²) in [6.45, 7) is 5.80. The van der Waals surface area contributed by atoms with Gasteiger partial charge in [-0.05, 0) is 44.3 Å². The van der Waals surface area contributed by atoms with Gasteiger partial charge in [0.05, 0.1) is 11.7 Å². The maximum absolute atomic E-state index is 5.97. The molecule has 0 bridgehead atoms. The van der Waals surface area contributed by atoms with Gasteiger partial charge in [0.15, 0.2) is 0 Å². The quantitative estimate of drug-likeness (QED) is 0.731. The summed E-state index contributed by atoms with van der Waals surface area (Å²) >= 11 is 1.39. The molecular weight excluding hydrogens is 284 g/mol. The van der Waals surface area contributed by atoms with Crippen molar-refractivity contribution in [3.63, 3.8) is 0 Å². The summed E-state index contributed by atoms with van der Waals surface area (Å²) in [5.41, 5.74) is 7.92. The van der Waals surface area contributed by atoms with Crippen molar-refractivity contribution in [3.05, 3.63) is 24.5 Å². The van der Waals surface area contributed by atoms with Crippen LogP contribution in [0, 0.1) is 0 Å². The van der Waals surface area contributed by atoms with Crippen LogP contribution in [-0.4, -0.2) is 28.6 Å². The molecule has 5 nitrogen and oxygen atoms in total. The zero-order valence-corrected chi connectivity index (χ0v) is 13.3. The highest BCUT2D eigenvalue weighted by atomic mass is 32.1. The van der Waals surface area contributed by atoms with Crippen LogP contribution in [-0.2, 0) is 4.74 Å². The van der Waals surface area contributed by atoms with Crippen molar-refractivity contribution >= 4 is 22.4 Å². The molecule has 0 aromatic carbocycles. The number of ether oxygens (including phenoxy) is 1. The van der Waals surface area contributed by atoms with E-state index in [0.717, 1.165) is 42.1 Å². The lowest BCUT2D eigenvalue weighted by atomic mass is 10.1. The molecule has 2 aromatic rings. The van der Waals surface area contributed by atoms with Crippen molar-refractivity contribution in [1.29, 1.82) is 0 Å². The first-order chi connectivity index (χ1) is 10.2. The number of aromatic nitrogens is 2. The summed E-state index contributed by atoms with van der Waals surface area (Å²) < 4.78 is 9.76. The van der Waals surface area contributed by atoms with E-state index in [1.54, 1.807) is 6.20 Å². The molecule has 0 radical (unpaired) electrons. The number of nitrogens with one attached hydrogen (secondary N) is 1. The van der Waals surface area contributed by atoms with Gasteiger partial charge >= 0.3 is 0 Å². The molecule has 0 saturated carbocycles. The Kier molecular flexibility index (Phi) is 5.95. The van der Waals surface area contributed by atoms with Crippen molar-refractivity contribution < 1.29 is 4.74 Å². The molecule has 0 amide bonds. The molecule has 6 heteroatoms. The Morgan fingerprint density at radius 2 is 2.24 bits per heavy atom. The lowest BCUT2D eigenvalue weighted by Crippen LogP contribution is -2.07. The van der Waals surface area contributed by atoms with Crippen LogP contribution < -0.4 is 11.1 Å². The van der Waals surface area contributed by atoms with Gasteiger partial charge in [-0.15, -0.1) is 0 Å². The molecule has 2 heterocycles. The minimum Gasteiger partial charge on any atom is -0.382 e. The van der Waals surface area contributed by atoms with Crippen LogP contribution in [0.3, 0.4) is 0 Å². The van der Waals surface area contributed by atoms with Crippen LogP contribution in [0.5, 0.6) is 0 Å². The van der Waals surface area contributed by atoms with Gasteiger partial charge in [-0.1, -0.05) is 6.07 Å². The molecule has 0 spiro atoms. The van der Waals surface area contributed by atoms with Gasteiger partial charge in [-0.25, -0.2) is 0 Å². The third kappa shape index (κ3) is 4.68. The molecule has 0 aliphatic heterocycles. The van der Waals surface area contributed by atoms with E-state index >= 15 is 0 Å². The highest BCUT2D eigenvalue weighted by Gasteiger charge is 2.13. The second kappa shape index (κ2) is 7.95. The average Bonchev–Trinajstić information content (AvgIpc) is 2.84. The topological polar surface area (TPSA) is 73.1 Å². The largest absolute Gasteiger partial charge is 0.382 e. The predicted octanol–water partition coefficient (Wildman–Crippen LogP) is 3.40. The van der Waals surface area contributed by atoms with Gasteiger partial charge in [0, 0.05) is 31.1 Å². The van der Waals surface area contributed by atoms with Crippen LogP contribution in [0.1, 0.15) is 26.7 Å². The van der Waals surface area contributed by atoms with Gasteiger partial charge in [0.25, 0.3) is 0 Å². The third-order valence-corrected chi connectivity index (χ3v) is 3.80. The summed E-state index contributed by atoms with van der Waals surface area (Å²) in [6.07, 6.45) is 5.96. The van der Waals surface area contributed by atoms with Crippen molar-refractivity contribution in [1.82, 2.24) is 9.36 Å². The fourth-order valence-corrected chi connectivity index (χ4v) is 2.72. The molecule has 21 heavy (non-hydrogen) atoms. The Morgan fingerprint density at radius 1 is 1.38 bits per heavy atom. The Balaban J connectivity index is 1.87. The van der Waals surface area contributed by atoms with Gasteiger partial charge in [0.2, 0.25) is 0 Å². The van der Waals surface area contributed by atoms with Crippen LogP contribution in [0.15, 0.2) is 24.5 Å². The van der Waals surface area contributed by atoms with E-state index in [9.17, 15) is 0 Å². The number of unbranched alkanes of at least 4 members (excludes halogenated alkanes) is 1. The SMILES string of the molecule is CC(C)OCCCCNc1snc(N)c1-c1cccnc1. The normalized spacial score (nSPS) is 11.0. The summed E-state index contributed by atoms with van der Waals surface area (Å²) in [5, 5.41) is 4.42. The smallest absolute Gasteiger partial charge is 0.147 e. The summed E-state index contributed by atoms with van der Waals surface area (Å²) in [5.74, 6) is 0.554. The number of rotatable bonds is 8. The van der Waals surface area contributed by atoms with Crippen molar-refractivity contribution in [2.24, 2.45) is 0 Å². The maximum atomic E-state index is 5.97. The highest BCUT2D eigenvalue weighted by molar-refractivity contribution is 7.11. The number of hydrogen-bond acceptors (Lipinski definition) is 6. The third-order valence-electron chi connectivity index (χ3n) is 2.98. The van der Waals surface area contributed by atoms with Crippen LogP contribution >= 0.6 is 11.5 Å². The first-order valence-corrected chi connectivity index (χ1v) is 7.97. The van der Waals surface area contributed by atoms with Gasteiger partial charge in [0.1, 0.15) is 10.8 Å². The van der Waals surface area contributed by atoms with Crippen molar-refractivity contribution in [3.8, 4) is 11.1 Å². The minimum absolute atomic E-state index is 0.302. The molecule has 0 aliphatic rings. The molecule has 0 fully saturated rings. The average molecular weight is 306 g/mol. The molecule has 0 atom stereocenters. The van der Waals surface area contributed by atoms with Gasteiger partial charge in [-0.2, -0.15) is 4.37 Å². The molecular formula is C15H22N4OS. The van der Waals surface area contributed by atoms with Crippen molar-refractivity contribution in [2.75, 3.05) is 24.2 Å². The summed E-state index contributed by atoms with van der Waals surface area (Å²) in [4.78, 5) is 4.14. The summed E-state index contributed by atoms with van der Waals surface area (Å²) in [7, 11) is 0. The van der Waals surface area contributed by atoms with E-state index in [1.807, 2.05) is 18.3 Å². The molecule has 0 aliphatic carbocycles. The van der Waals surface area contributed by atoms with E-state index in [4.69, 9.17) is 10.5 Å². The number of nitrogens with two attached hydrogens (primary N) is 1. The number of nitrogens with zero attached hydrogens (tertiary/aromatic N) is 2. The van der Waals surface area contributed by atoms with Crippen LogP contribution in [0.25, 0.3) is 11.1 Å². The van der Waals surface area contributed by atoms with E-state index in [-0.39, 0.29) is 0 Å². The van der Waals surface area contributed by atoms with Gasteiger partial charge < -0.3 is 15.8 Å². The predicted molar refractivity (Wildman–Crippen MR) is 88.6 cm³/mol. The van der Waals surface area contributed by atoms with E-state index in [1.165, 1.54) is 11.5 Å². The molecule has 2 aromatic heterocycles. The zero-order chi connectivity index (χ0) is 15.1. The van der Waals surface area contributed by atoms with Crippen molar-refractivity contribution in [2.45, 2.75) is 32.8 Å². The number of pyridine rings is 1. The minimum atomic E-state index is 0.302. The maximum Gasteiger partial charge on any atom is 0.147 e. The first-order valence-electron chi connectivity index (χ1n) is 7.19. The lowest BCUT2D eigenvalue weighted by Gasteiger charge is -2.09. The number of nitrogen functional groups attached to an aromatic ring is 1. The van der Waals surface area contributed by atoms with Crippen LogP contribution in [0.2, 0.25) is 0 Å². The van der Waals surface area contributed by atoms with E-state index in [0.29, 0.717) is 11.9 Å².